The van der Waals surface area contributed by atoms with Gasteiger partial charge in [0, 0.05) is 11.8 Å². The van der Waals surface area contributed by atoms with E-state index >= 15 is 0 Å². The lowest BCUT2D eigenvalue weighted by Crippen LogP contribution is -2.45. The minimum atomic E-state index is -1.38. The van der Waals surface area contributed by atoms with E-state index in [0.717, 1.165) is 35.1 Å². The zero-order valence-corrected chi connectivity index (χ0v) is 18.1. The van der Waals surface area contributed by atoms with Crippen molar-refractivity contribution in [1.82, 2.24) is 15.5 Å². The summed E-state index contributed by atoms with van der Waals surface area (Å²) >= 11 is 0. The van der Waals surface area contributed by atoms with Gasteiger partial charge < -0.3 is 19.6 Å². The number of anilines is 1. The van der Waals surface area contributed by atoms with Crippen LogP contribution in [0.5, 0.6) is 0 Å². The second-order valence-electron chi connectivity index (χ2n) is 8.33. The summed E-state index contributed by atoms with van der Waals surface area (Å²) < 4.78 is 10.8. The fraction of sp³-hybridized carbons (Fsp3) is 0.292. The van der Waals surface area contributed by atoms with Gasteiger partial charge in [-0.15, -0.1) is 5.10 Å². The van der Waals surface area contributed by atoms with Crippen LogP contribution in [0.3, 0.4) is 0 Å². The zero-order valence-electron chi connectivity index (χ0n) is 18.1. The zero-order chi connectivity index (χ0) is 23.7. The molecular formula is C24H22N4O6. The molecule has 10 nitrogen and oxygen atoms in total. The Labute approximate surface area is 194 Å². The molecule has 1 heterocycles. The number of nitrogens with one attached hydrogen (secondary N) is 2. The van der Waals surface area contributed by atoms with E-state index in [4.69, 9.17) is 9.15 Å². The number of rotatable bonds is 8. The normalized spacial score (nSPS) is 15.2. The molecule has 10 heteroatoms. The van der Waals surface area contributed by atoms with E-state index < -0.39 is 30.4 Å². The molecule has 2 amide bonds. The molecular weight excluding hydrogens is 440 g/mol. The summed E-state index contributed by atoms with van der Waals surface area (Å²) in [7, 11) is 0. The number of carbonyl (C=O) groups is 3. The number of hydrogen-bond acceptors (Lipinski definition) is 7. The highest BCUT2D eigenvalue weighted by Crippen LogP contribution is 2.44. The molecule has 1 unspecified atom stereocenters. The minimum absolute atomic E-state index is 0.0374. The van der Waals surface area contributed by atoms with Crippen LogP contribution in [0.15, 0.2) is 52.9 Å². The predicted octanol–water partition coefficient (Wildman–Crippen LogP) is 3.27. The fourth-order valence-electron chi connectivity index (χ4n) is 4.14. The summed E-state index contributed by atoms with van der Waals surface area (Å²) in [6.45, 7) is 0.0374. The molecule has 1 aromatic heterocycles. The molecule has 3 aromatic rings. The maximum Gasteiger partial charge on any atom is 0.407 e. The quantitative estimate of drug-likeness (QED) is 0.463. The molecule has 2 aliphatic carbocycles. The summed E-state index contributed by atoms with van der Waals surface area (Å²) in [5.41, 5.74) is 4.25. The van der Waals surface area contributed by atoms with Crippen molar-refractivity contribution in [3.8, 4) is 11.1 Å². The Morgan fingerprint density at radius 1 is 1.03 bits per heavy atom. The maximum atomic E-state index is 12.6. The largest absolute Gasteiger partial charge is 0.481 e. The van der Waals surface area contributed by atoms with E-state index in [1.165, 1.54) is 0 Å². The van der Waals surface area contributed by atoms with Gasteiger partial charge in [-0.05, 0) is 35.1 Å². The summed E-state index contributed by atoms with van der Waals surface area (Å²) in [6.07, 6.45) is 0.355. The van der Waals surface area contributed by atoms with E-state index in [-0.39, 0.29) is 24.5 Å². The van der Waals surface area contributed by atoms with Crippen molar-refractivity contribution < 1.29 is 28.6 Å². The highest BCUT2D eigenvalue weighted by atomic mass is 16.5. The van der Waals surface area contributed by atoms with E-state index in [9.17, 15) is 19.5 Å². The summed E-state index contributed by atoms with van der Waals surface area (Å²) in [4.78, 5) is 36.4. The van der Waals surface area contributed by atoms with Crippen LogP contribution < -0.4 is 10.6 Å². The lowest BCUT2D eigenvalue weighted by Gasteiger charge is -2.18. The number of aliphatic carboxylic acids is 1. The van der Waals surface area contributed by atoms with Crippen LogP contribution in [0.4, 0.5) is 10.8 Å². The molecule has 0 radical (unpaired) electrons. The number of amides is 2. The van der Waals surface area contributed by atoms with Crippen molar-refractivity contribution in [3.05, 3.63) is 65.5 Å². The minimum Gasteiger partial charge on any atom is -0.481 e. The van der Waals surface area contributed by atoms with Crippen LogP contribution >= 0.6 is 0 Å². The average molecular weight is 462 g/mol. The number of hydrogen-bond donors (Lipinski definition) is 3. The molecule has 1 fully saturated rings. The molecule has 3 N–H and O–H groups in total. The topological polar surface area (TPSA) is 144 Å². The van der Waals surface area contributed by atoms with Gasteiger partial charge in [0.1, 0.15) is 12.6 Å². The third-order valence-electron chi connectivity index (χ3n) is 5.93. The van der Waals surface area contributed by atoms with Crippen molar-refractivity contribution in [3.63, 3.8) is 0 Å². The first-order valence-corrected chi connectivity index (χ1v) is 11.0. The van der Waals surface area contributed by atoms with Crippen LogP contribution in [0.25, 0.3) is 11.1 Å². The number of alkyl carbamates (subject to hydrolysis) is 1. The lowest BCUT2D eigenvalue weighted by atomic mass is 9.98. The number of carboxylic acid groups (broad SMARTS) is 1. The molecule has 0 saturated heterocycles. The van der Waals surface area contributed by atoms with E-state index in [1.54, 1.807) is 0 Å². The van der Waals surface area contributed by atoms with Crippen molar-refractivity contribution in [2.75, 3.05) is 11.9 Å². The molecule has 2 aliphatic rings. The van der Waals surface area contributed by atoms with Crippen molar-refractivity contribution in [2.45, 2.75) is 37.1 Å². The van der Waals surface area contributed by atoms with E-state index in [2.05, 4.69) is 20.8 Å². The molecule has 2 aromatic carbocycles. The van der Waals surface area contributed by atoms with Crippen LogP contribution in [-0.2, 0) is 14.3 Å². The summed E-state index contributed by atoms with van der Waals surface area (Å²) in [6, 6.07) is 14.3. The van der Waals surface area contributed by atoms with Gasteiger partial charge >= 0.3 is 18.1 Å². The molecule has 0 aliphatic heterocycles. The number of benzene rings is 2. The molecule has 1 atom stereocenters. The molecule has 174 valence electrons. The van der Waals surface area contributed by atoms with E-state index in [1.807, 2.05) is 48.5 Å². The number of fused-ring (bicyclic) bond motifs is 3. The van der Waals surface area contributed by atoms with Crippen molar-refractivity contribution in [2.24, 2.45) is 0 Å². The standard InChI is InChI=1S/C24H22N4O6/c29-20(30)11-19(21(31)26-23-28-27-22(34-23)13-9-10-13)25-24(32)33-12-18-16-7-3-1-5-14(16)15-6-2-4-8-17(15)18/h1-8,13,18-19H,9-12H2,(H,25,32)(H,29,30)(H,26,28,31). The number of nitrogens with zero attached hydrogens (tertiary/aromatic N) is 2. The lowest BCUT2D eigenvalue weighted by molar-refractivity contribution is -0.139. The molecule has 1 saturated carbocycles. The molecule has 0 bridgehead atoms. The van der Waals surface area contributed by atoms with Gasteiger partial charge in [-0.3, -0.25) is 14.9 Å². The third kappa shape index (κ3) is 4.47. The van der Waals surface area contributed by atoms with Crippen LogP contribution in [0, 0.1) is 0 Å². The predicted molar refractivity (Wildman–Crippen MR) is 119 cm³/mol. The van der Waals surface area contributed by atoms with Gasteiger partial charge in [0.05, 0.1) is 6.42 Å². The summed E-state index contributed by atoms with van der Waals surface area (Å²) in [5, 5.41) is 21.5. The third-order valence-corrected chi connectivity index (χ3v) is 5.93. The van der Waals surface area contributed by atoms with Gasteiger partial charge in [-0.25, -0.2) is 4.79 Å². The number of ether oxygens (including phenoxy) is 1. The fourth-order valence-corrected chi connectivity index (χ4v) is 4.14. The van der Waals surface area contributed by atoms with Crippen LogP contribution in [-0.4, -0.2) is 45.9 Å². The Morgan fingerprint density at radius 3 is 2.29 bits per heavy atom. The van der Waals surface area contributed by atoms with Gasteiger partial charge in [0.2, 0.25) is 5.89 Å². The first-order chi connectivity index (χ1) is 16.5. The Bertz CT molecular complexity index is 1210. The maximum absolute atomic E-state index is 12.6. The second-order valence-corrected chi connectivity index (χ2v) is 8.33. The van der Waals surface area contributed by atoms with Gasteiger partial charge in [-0.2, -0.15) is 0 Å². The Kier molecular flexibility index (Phi) is 5.70. The molecule has 5 rings (SSSR count). The number of aromatic nitrogens is 2. The van der Waals surface area contributed by atoms with Crippen molar-refractivity contribution >= 4 is 24.0 Å². The smallest absolute Gasteiger partial charge is 0.407 e. The molecule has 0 spiro atoms. The monoisotopic (exact) mass is 462 g/mol. The summed E-state index contributed by atoms with van der Waals surface area (Å²) in [5.74, 6) is -1.59. The Hall–Kier alpha value is -4.21. The van der Waals surface area contributed by atoms with Gasteiger partial charge in [0.15, 0.2) is 0 Å². The highest BCUT2D eigenvalue weighted by molar-refractivity contribution is 5.97. The van der Waals surface area contributed by atoms with Crippen LogP contribution in [0.1, 0.15) is 48.1 Å². The number of carboxylic acids is 1. The molecule has 34 heavy (non-hydrogen) atoms. The Morgan fingerprint density at radius 2 is 1.68 bits per heavy atom. The average Bonchev–Trinajstić information content (AvgIpc) is 3.49. The van der Waals surface area contributed by atoms with Gasteiger partial charge in [0.25, 0.3) is 5.91 Å². The highest BCUT2D eigenvalue weighted by Gasteiger charge is 2.32. The Balaban J connectivity index is 1.23. The van der Waals surface area contributed by atoms with Crippen LogP contribution in [0.2, 0.25) is 0 Å². The first-order valence-electron chi connectivity index (χ1n) is 11.0. The second kappa shape index (κ2) is 8.97. The van der Waals surface area contributed by atoms with E-state index in [0.29, 0.717) is 5.89 Å². The SMILES string of the molecule is O=C(O)CC(NC(=O)OCC1c2ccccc2-c2ccccc21)C(=O)Nc1nnc(C2CC2)o1. The first kappa shape index (κ1) is 21.6. The van der Waals surface area contributed by atoms with Gasteiger partial charge in [-0.1, -0.05) is 53.6 Å². The number of carbonyl (C=O) groups excluding carboxylic acids is 2. The van der Waals surface area contributed by atoms with Crippen molar-refractivity contribution in [1.29, 1.82) is 0 Å².